The van der Waals surface area contributed by atoms with Crippen LogP contribution in [0, 0.1) is 13.8 Å². The highest BCUT2D eigenvalue weighted by Gasteiger charge is 2.25. The lowest BCUT2D eigenvalue weighted by atomic mass is 10.1. The SMILES string of the molecule is CCOC(=O)N1CCN(C(=O)CCc2c(C)nc3c4ccccc4nn3c2C)CC1. The van der Waals surface area contributed by atoms with E-state index < -0.39 is 0 Å². The van der Waals surface area contributed by atoms with Gasteiger partial charge in [-0.2, -0.15) is 5.10 Å². The molecule has 1 aliphatic heterocycles. The third-order valence-electron chi connectivity index (χ3n) is 5.77. The first-order valence-electron chi connectivity index (χ1n) is 10.4. The van der Waals surface area contributed by atoms with E-state index in [0.29, 0.717) is 45.6 Å². The van der Waals surface area contributed by atoms with Gasteiger partial charge in [0.15, 0.2) is 5.65 Å². The smallest absolute Gasteiger partial charge is 0.409 e. The van der Waals surface area contributed by atoms with Crippen LogP contribution in [0.4, 0.5) is 4.79 Å². The summed E-state index contributed by atoms with van der Waals surface area (Å²) in [6.45, 7) is 8.28. The summed E-state index contributed by atoms with van der Waals surface area (Å²) < 4.78 is 6.92. The fourth-order valence-corrected chi connectivity index (χ4v) is 4.08. The maximum atomic E-state index is 12.7. The van der Waals surface area contributed by atoms with Gasteiger partial charge in [-0.15, -0.1) is 0 Å². The fourth-order valence-electron chi connectivity index (χ4n) is 4.08. The van der Waals surface area contributed by atoms with Gasteiger partial charge in [0, 0.05) is 49.4 Å². The Morgan fingerprint density at radius 3 is 2.50 bits per heavy atom. The van der Waals surface area contributed by atoms with Crippen LogP contribution in [0.2, 0.25) is 0 Å². The topological polar surface area (TPSA) is 80.0 Å². The molecule has 30 heavy (non-hydrogen) atoms. The van der Waals surface area contributed by atoms with Crippen LogP contribution in [0.3, 0.4) is 0 Å². The van der Waals surface area contributed by atoms with Crippen LogP contribution < -0.4 is 0 Å². The third-order valence-corrected chi connectivity index (χ3v) is 5.77. The second kappa shape index (κ2) is 8.30. The summed E-state index contributed by atoms with van der Waals surface area (Å²) in [5.41, 5.74) is 4.79. The summed E-state index contributed by atoms with van der Waals surface area (Å²) >= 11 is 0. The monoisotopic (exact) mass is 409 g/mol. The van der Waals surface area contributed by atoms with Crippen molar-refractivity contribution in [3.05, 3.63) is 41.2 Å². The minimum Gasteiger partial charge on any atom is -0.450 e. The van der Waals surface area contributed by atoms with E-state index in [0.717, 1.165) is 33.5 Å². The van der Waals surface area contributed by atoms with Gasteiger partial charge in [0.1, 0.15) is 0 Å². The van der Waals surface area contributed by atoms with Gasteiger partial charge in [-0.25, -0.2) is 14.3 Å². The molecule has 1 aromatic carbocycles. The number of aryl methyl sites for hydroxylation is 2. The number of aromatic nitrogens is 3. The van der Waals surface area contributed by atoms with Gasteiger partial charge >= 0.3 is 6.09 Å². The third kappa shape index (κ3) is 3.69. The molecule has 0 unspecified atom stereocenters. The van der Waals surface area contributed by atoms with Crippen LogP contribution >= 0.6 is 0 Å². The summed E-state index contributed by atoms with van der Waals surface area (Å²) in [5.74, 6) is 0.100. The molecule has 3 aromatic rings. The summed E-state index contributed by atoms with van der Waals surface area (Å²) in [6.07, 6.45) is 0.727. The Morgan fingerprint density at radius 1 is 1.07 bits per heavy atom. The first-order chi connectivity index (χ1) is 14.5. The molecule has 158 valence electrons. The molecule has 3 heterocycles. The van der Waals surface area contributed by atoms with Crippen molar-refractivity contribution < 1.29 is 14.3 Å². The summed E-state index contributed by atoms with van der Waals surface area (Å²) in [7, 11) is 0. The summed E-state index contributed by atoms with van der Waals surface area (Å²) in [5, 5.41) is 5.72. The number of benzene rings is 1. The first-order valence-corrected chi connectivity index (χ1v) is 10.4. The molecule has 2 aromatic heterocycles. The van der Waals surface area contributed by atoms with Crippen molar-refractivity contribution in [2.75, 3.05) is 32.8 Å². The van der Waals surface area contributed by atoms with Crippen molar-refractivity contribution in [2.45, 2.75) is 33.6 Å². The Morgan fingerprint density at radius 2 is 1.77 bits per heavy atom. The zero-order valence-electron chi connectivity index (χ0n) is 17.7. The van der Waals surface area contributed by atoms with Crippen molar-refractivity contribution in [2.24, 2.45) is 0 Å². The quantitative estimate of drug-likeness (QED) is 0.662. The van der Waals surface area contributed by atoms with Crippen molar-refractivity contribution >= 4 is 28.6 Å². The summed E-state index contributed by atoms with van der Waals surface area (Å²) in [4.78, 5) is 32.8. The minimum absolute atomic E-state index is 0.100. The van der Waals surface area contributed by atoms with Crippen LogP contribution in [0.25, 0.3) is 16.6 Å². The lowest BCUT2D eigenvalue weighted by Crippen LogP contribution is -2.50. The molecule has 8 nitrogen and oxygen atoms in total. The molecule has 2 amide bonds. The zero-order chi connectivity index (χ0) is 21.3. The Balaban J connectivity index is 1.44. The second-order valence-corrected chi connectivity index (χ2v) is 7.58. The number of hydrogen-bond acceptors (Lipinski definition) is 5. The molecule has 0 aliphatic carbocycles. The standard InChI is InChI=1S/C22H27N5O3/c1-4-30-22(29)26-13-11-25(12-14-26)20(28)10-9-17-15(2)23-21-18-7-5-6-8-19(18)24-27(21)16(17)3/h5-8H,4,9-14H2,1-3H3. The van der Waals surface area contributed by atoms with E-state index in [9.17, 15) is 9.59 Å². The maximum absolute atomic E-state index is 12.7. The van der Waals surface area contributed by atoms with E-state index in [1.165, 1.54) is 0 Å². The number of carbonyl (C=O) groups is 2. The molecule has 1 aliphatic rings. The van der Waals surface area contributed by atoms with Gasteiger partial charge in [0.25, 0.3) is 0 Å². The zero-order valence-corrected chi connectivity index (χ0v) is 17.7. The molecule has 0 atom stereocenters. The number of carbonyl (C=O) groups excluding carboxylic acids is 2. The predicted molar refractivity (Wildman–Crippen MR) is 113 cm³/mol. The second-order valence-electron chi connectivity index (χ2n) is 7.58. The Kier molecular flexibility index (Phi) is 5.57. The minimum atomic E-state index is -0.304. The number of amides is 2. The number of ether oxygens (including phenoxy) is 1. The number of piperazine rings is 1. The molecule has 0 N–H and O–H groups in total. The normalized spacial score (nSPS) is 14.5. The van der Waals surface area contributed by atoms with Gasteiger partial charge in [-0.05, 0) is 44.9 Å². The van der Waals surface area contributed by atoms with Crippen molar-refractivity contribution in [3.8, 4) is 0 Å². The number of fused-ring (bicyclic) bond motifs is 3. The lowest BCUT2D eigenvalue weighted by Gasteiger charge is -2.34. The van der Waals surface area contributed by atoms with E-state index in [1.54, 1.807) is 11.8 Å². The highest BCUT2D eigenvalue weighted by molar-refractivity contribution is 5.92. The van der Waals surface area contributed by atoms with E-state index >= 15 is 0 Å². The van der Waals surface area contributed by atoms with Crippen LogP contribution in [0.1, 0.15) is 30.3 Å². The molecular formula is C22H27N5O3. The average Bonchev–Trinajstić information content (AvgIpc) is 3.12. The van der Waals surface area contributed by atoms with Gasteiger partial charge in [0.2, 0.25) is 5.91 Å². The summed E-state index contributed by atoms with van der Waals surface area (Å²) in [6, 6.07) is 7.98. The van der Waals surface area contributed by atoms with Crippen LogP contribution in [-0.4, -0.2) is 69.2 Å². The van der Waals surface area contributed by atoms with Crippen LogP contribution in [0.5, 0.6) is 0 Å². The molecule has 0 saturated carbocycles. The molecule has 8 heteroatoms. The first kappa shape index (κ1) is 20.1. The Bertz CT molecular complexity index is 1100. The van der Waals surface area contributed by atoms with Gasteiger partial charge < -0.3 is 14.5 Å². The molecule has 0 spiro atoms. The lowest BCUT2D eigenvalue weighted by molar-refractivity contribution is -0.132. The van der Waals surface area contributed by atoms with Crippen LogP contribution in [0.15, 0.2) is 24.3 Å². The predicted octanol–water partition coefficient (Wildman–Crippen LogP) is 2.73. The van der Waals surface area contributed by atoms with E-state index in [4.69, 9.17) is 9.72 Å². The number of rotatable bonds is 4. The number of nitrogens with zero attached hydrogens (tertiary/aromatic N) is 5. The van der Waals surface area contributed by atoms with Crippen molar-refractivity contribution in [1.29, 1.82) is 0 Å². The average molecular weight is 409 g/mol. The molecule has 4 rings (SSSR count). The maximum Gasteiger partial charge on any atom is 0.409 e. The van der Waals surface area contributed by atoms with Gasteiger partial charge in [-0.3, -0.25) is 4.79 Å². The van der Waals surface area contributed by atoms with E-state index in [2.05, 4.69) is 5.10 Å². The largest absolute Gasteiger partial charge is 0.450 e. The molecule has 1 saturated heterocycles. The van der Waals surface area contributed by atoms with E-state index in [-0.39, 0.29) is 12.0 Å². The van der Waals surface area contributed by atoms with Crippen molar-refractivity contribution in [3.63, 3.8) is 0 Å². The Labute approximate surface area is 175 Å². The fraction of sp³-hybridized carbons (Fsp3) is 0.455. The van der Waals surface area contributed by atoms with Crippen LogP contribution in [-0.2, 0) is 16.0 Å². The Hall–Kier alpha value is -3.16. The molecular weight excluding hydrogens is 382 g/mol. The molecule has 0 bridgehead atoms. The van der Waals surface area contributed by atoms with E-state index in [1.807, 2.05) is 47.5 Å². The molecule has 0 radical (unpaired) electrons. The molecule has 1 fully saturated rings. The van der Waals surface area contributed by atoms with Crippen molar-refractivity contribution in [1.82, 2.24) is 24.4 Å². The van der Waals surface area contributed by atoms with Gasteiger partial charge in [-0.1, -0.05) is 12.1 Å². The highest BCUT2D eigenvalue weighted by Crippen LogP contribution is 2.23. The number of hydrogen-bond donors (Lipinski definition) is 0. The van der Waals surface area contributed by atoms with Gasteiger partial charge in [0.05, 0.1) is 12.1 Å². The highest BCUT2D eigenvalue weighted by atomic mass is 16.6.